The number of nitrogens with one attached hydrogen (secondary N) is 1. The van der Waals surface area contributed by atoms with Crippen LogP contribution in [-0.2, 0) is 22.4 Å². The first-order valence-electron chi connectivity index (χ1n) is 9.80. The third-order valence-electron chi connectivity index (χ3n) is 4.69. The first-order chi connectivity index (χ1) is 13.2. The van der Waals surface area contributed by atoms with Crippen LogP contribution in [0.25, 0.3) is 0 Å². The van der Waals surface area contributed by atoms with Crippen LogP contribution in [-0.4, -0.2) is 35.8 Å². The Morgan fingerprint density at radius 2 is 1.44 bits per heavy atom. The molecule has 0 spiro atoms. The Morgan fingerprint density at radius 1 is 0.889 bits per heavy atom. The fraction of sp³-hybridized carbons (Fsp3) is 0.391. The van der Waals surface area contributed by atoms with Crippen molar-refractivity contribution in [2.75, 3.05) is 13.1 Å². The van der Waals surface area contributed by atoms with Gasteiger partial charge in [0.05, 0.1) is 0 Å². The van der Waals surface area contributed by atoms with Crippen molar-refractivity contribution in [1.29, 1.82) is 0 Å². The van der Waals surface area contributed by atoms with Gasteiger partial charge in [0, 0.05) is 19.5 Å². The lowest BCUT2D eigenvalue weighted by molar-refractivity contribution is -0.140. The molecule has 0 saturated heterocycles. The molecule has 0 bridgehead atoms. The number of nitrogens with zero attached hydrogens (tertiary/aromatic N) is 1. The van der Waals surface area contributed by atoms with Gasteiger partial charge in [-0.25, -0.2) is 0 Å². The van der Waals surface area contributed by atoms with E-state index < -0.39 is 6.04 Å². The first-order valence-corrected chi connectivity index (χ1v) is 9.80. The number of rotatable bonds is 10. The van der Waals surface area contributed by atoms with Gasteiger partial charge in [0.15, 0.2) is 0 Å². The van der Waals surface area contributed by atoms with Crippen LogP contribution in [0, 0.1) is 0 Å². The molecule has 0 heterocycles. The number of carbonyl (C=O) groups excluding carboxylic acids is 2. The summed E-state index contributed by atoms with van der Waals surface area (Å²) in [5.74, 6) is -0.0333. The summed E-state index contributed by atoms with van der Waals surface area (Å²) in [7, 11) is 0. The highest BCUT2D eigenvalue weighted by Gasteiger charge is 2.27. The van der Waals surface area contributed by atoms with E-state index in [0.29, 0.717) is 32.4 Å². The maximum absolute atomic E-state index is 13.0. The molecule has 1 N–H and O–H groups in total. The third kappa shape index (κ3) is 6.55. The maximum Gasteiger partial charge on any atom is 0.242 e. The first kappa shape index (κ1) is 20.7. The van der Waals surface area contributed by atoms with Gasteiger partial charge in [-0.05, 0) is 37.3 Å². The van der Waals surface area contributed by atoms with Crippen LogP contribution in [0.5, 0.6) is 0 Å². The van der Waals surface area contributed by atoms with Crippen molar-refractivity contribution in [2.45, 2.75) is 45.6 Å². The zero-order valence-corrected chi connectivity index (χ0v) is 16.4. The summed E-state index contributed by atoms with van der Waals surface area (Å²) in [6.45, 7) is 4.98. The van der Waals surface area contributed by atoms with Crippen molar-refractivity contribution >= 4 is 11.8 Å². The molecule has 2 amide bonds. The van der Waals surface area contributed by atoms with Crippen LogP contribution in [0.3, 0.4) is 0 Å². The van der Waals surface area contributed by atoms with E-state index in [-0.39, 0.29) is 11.8 Å². The van der Waals surface area contributed by atoms with Crippen LogP contribution in [0.2, 0.25) is 0 Å². The second-order valence-electron chi connectivity index (χ2n) is 6.63. The molecule has 27 heavy (non-hydrogen) atoms. The maximum atomic E-state index is 13.0. The van der Waals surface area contributed by atoms with E-state index in [1.54, 1.807) is 4.90 Å². The second kappa shape index (κ2) is 11.2. The summed E-state index contributed by atoms with van der Waals surface area (Å²) in [4.78, 5) is 27.3. The Hall–Kier alpha value is -2.62. The minimum absolute atomic E-state index is 0.0351. The van der Waals surface area contributed by atoms with Crippen molar-refractivity contribution in [3.8, 4) is 0 Å². The van der Waals surface area contributed by atoms with Gasteiger partial charge in [0.2, 0.25) is 11.8 Å². The van der Waals surface area contributed by atoms with Gasteiger partial charge in [-0.3, -0.25) is 9.59 Å². The Morgan fingerprint density at radius 3 is 1.96 bits per heavy atom. The number of hydrogen-bond donors (Lipinski definition) is 1. The van der Waals surface area contributed by atoms with Gasteiger partial charge < -0.3 is 10.2 Å². The largest absolute Gasteiger partial charge is 0.355 e. The summed E-state index contributed by atoms with van der Waals surface area (Å²) in [6.07, 6.45) is 2.45. The molecule has 0 aliphatic rings. The van der Waals surface area contributed by atoms with Gasteiger partial charge in [0.1, 0.15) is 6.04 Å². The van der Waals surface area contributed by atoms with Crippen molar-refractivity contribution in [2.24, 2.45) is 0 Å². The van der Waals surface area contributed by atoms with E-state index in [4.69, 9.17) is 0 Å². The fourth-order valence-corrected chi connectivity index (χ4v) is 3.23. The summed E-state index contributed by atoms with van der Waals surface area (Å²) in [5.41, 5.74) is 2.31. The smallest absolute Gasteiger partial charge is 0.242 e. The Balaban J connectivity index is 2.08. The summed E-state index contributed by atoms with van der Waals surface area (Å²) < 4.78 is 0. The van der Waals surface area contributed by atoms with Gasteiger partial charge >= 0.3 is 0 Å². The molecule has 0 aliphatic carbocycles. The molecule has 4 nitrogen and oxygen atoms in total. The highest BCUT2D eigenvalue weighted by molar-refractivity contribution is 5.87. The monoisotopic (exact) mass is 366 g/mol. The fourth-order valence-electron chi connectivity index (χ4n) is 3.23. The lowest BCUT2D eigenvalue weighted by atomic mass is 10.1. The topological polar surface area (TPSA) is 49.4 Å². The molecule has 1 atom stereocenters. The molecule has 0 saturated carbocycles. The van der Waals surface area contributed by atoms with Crippen molar-refractivity contribution < 1.29 is 9.59 Å². The average molecular weight is 367 g/mol. The Kier molecular flexibility index (Phi) is 8.56. The van der Waals surface area contributed by atoms with E-state index >= 15 is 0 Å². The molecule has 0 unspecified atom stereocenters. The van der Waals surface area contributed by atoms with Crippen LogP contribution in [0.15, 0.2) is 60.7 Å². The molecule has 2 aromatic carbocycles. The zero-order valence-electron chi connectivity index (χ0n) is 16.4. The summed E-state index contributed by atoms with van der Waals surface area (Å²) in [5, 5.41) is 2.87. The van der Waals surface area contributed by atoms with E-state index in [1.165, 1.54) is 5.56 Å². The van der Waals surface area contributed by atoms with E-state index in [0.717, 1.165) is 12.0 Å². The van der Waals surface area contributed by atoms with Crippen molar-refractivity contribution in [1.82, 2.24) is 10.2 Å². The van der Waals surface area contributed by atoms with Gasteiger partial charge in [-0.1, -0.05) is 67.6 Å². The molecule has 2 rings (SSSR count). The van der Waals surface area contributed by atoms with Crippen molar-refractivity contribution in [3.63, 3.8) is 0 Å². The van der Waals surface area contributed by atoms with Crippen LogP contribution in [0.4, 0.5) is 0 Å². The molecular weight excluding hydrogens is 336 g/mol. The van der Waals surface area contributed by atoms with Crippen LogP contribution < -0.4 is 5.32 Å². The van der Waals surface area contributed by atoms with E-state index in [2.05, 4.69) is 17.4 Å². The lowest BCUT2D eigenvalue weighted by Crippen LogP contribution is -2.50. The van der Waals surface area contributed by atoms with Gasteiger partial charge in [-0.15, -0.1) is 0 Å². The second-order valence-corrected chi connectivity index (χ2v) is 6.63. The quantitative estimate of drug-likeness (QED) is 0.698. The molecule has 0 radical (unpaired) electrons. The third-order valence-corrected chi connectivity index (χ3v) is 4.69. The average Bonchev–Trinajstić information content (AvgIpc) is 2.71. The number of hydrogen-bond acceptors (Lipinski definition) is 2. The number of likely N-dealkylation sites (N-methyl/N-ethyl adjacent to an activating group) is 1. The van der Waals surface area contributed by atoms with Crippen molar-refractivity contribution in [3.05, 3.63) is 71.8 Å². The molecule has 0 aromatic heterocycles. The molecule has 0 fully saturated rings. The number of benzene rings is 2. The lowest BCUT2D eigenvalue weighted by Gasteiger charge is -2.30. The predicted molar refractivity (Wildman–Crippen MR) is 109 cm³/mol. The minimum Gasteiger partial charge on any atom is -0.355 e. The number of aryl methyl sites for hydroxylation is 1. The molecule has 144 valence electrons. The molecule has 0 aliphatic heterocycles. The normalized spacial score (nSPS) is 11.6. The Labute approximate surface area is 162 Å². The molecule has 2 aromatic rings. The van der Waals surface area contributed by atoms with E-state index in [9.17, 15) is 9.59 Å². The molecular formula is C23H30N2O2. The molecule has 4 heteroatoms. The predicted octanol–water partition coefficient (Wildman–Crippen LogP) is 3.61. The minimum atomic E-state index is -0.420. The highest BCUT2D eigenvalue weighted by Crippen LogP contribution is 2.12. The van der Waals surface area contributed by atoms with Gasteiger partial charge in [-0.2, -0.15) is 0 Å². The number of amides is 2. The highest BCUT2D eigenvalue weighted by atomic mass is 16.2. The number of carbonyl (C=O) groups is 2. The summed E-state index contributed by atoms with van der Waals surface area (Å²) in [6, 6.07) is 19.7. The van der Waals surface area contributed by atoms with Gasteiger partial charge in [0.25, 0.3) is 0 Å². The van der Waals surface area contributed by atoms with Crippen LogP contribution >= 0.6 is 0 Å². The van der Waals surface area contributed by atoms with Crippen LogP contribution in [0.1, 0.15) is 37.8 Å². The standard InChI is InChI=1S/C23H30N2O2/c1-3-21(23(27)24-4-2)25(18-17-20-13-9-6-10-14-20)22(26)16-15-19-11-7-5-8-12-19/h5-14,21H,3-4,15-18H2,1-2H3,(H,24,27)/t21-/m1/s1. The Bertz CT molecular complexity index is 701. The zero-order chi connectivity index (χ0) is 19.5. The van der Waals surface area contributed by atoms with E-state index in [1.807, 2.05) is 62.4 Å². The SMILES string of the molecule is CCNC(=O)[C@@H](CC)N(CCc1ccccc1)C(=O)CCc1ccccc1. The summed E-state index contributed by atoms with van der Waals surface area (Å²) >= 11 is 0.